The van der Waals surface area contributed by atoms with Crippen LogP contribution in [0.15, 0.2) is 0 Å². The van der Waals surface area contributed by atoms with Crippen molar-refractivity contribution < 1.29 is 14.3 Å². The van der Waals surface area contributed by atoms with Crippen LogP contribution in [0.1, 0.15) is 34.6 Å². The van der Waals surface area contributed by atoms with Crippen molar-refractivity contribution in [2.45, 2.75) is 51.9 Å². The van der Waals surface area contributed by atoms with Crippen molar-refractivity contribution in [1.29, 1.82) is 0 Å². The Kier molecular flexibility index (Phi) is 4.47. The topological polar surface area (TPSA) is 38.8 Å². The van der Waals surface area contributed by atoms with Gasteiger partial charge in [0.05, 0.1) is 24.8 Å². The quantitative estimate of drug-likeness (QED) is 0.699. The third-order valence-corrected chi connectivity index (χ3v) is 3.03. The average molecular weight is 308 g/mol. The Balaban J connectivity index is 2.67. The summed E-state index contributed by atoms with van der Waals surface area (Å²) in [5, 5.41) is 0.718. The van der Waals surface area contributed by atoms with Crippen molar-refractivity contribution in [3.8, 4) is 0 Å². The van der Waals surface area contributed by atoms with E-state index in [9.17, 15) is 4.79 Å². The lowest BCUT2D eigenvalue weighted by molar-refractivity contribution is -0.124. The summed E-state index contributed by atoms with van der Waals surface area (Å²) in [5.74, 6) is 0. The molecular weight excluding hydrogens is 286 g/mol. The van der Waals surface area contributed by atoms with E-state index in [4.69, 9.17) is 9.47 Å². The first-order valence-electron chi connectivity index (χ1n) is 5.85. The number of amides is 1. The van der Waals surface area contributed by atoms with Crippen LogP contribution in [0.2, 0.25) is 0 Å². The maximum absolute atomic E-state index is 12.0. The Hall–Kier alpha value is -0.290. The Morgan fingerprint density at radius 1 is 1.53 bits per heavy atom. The second kappa shape index (κ2) is 5.14. The molecule has 0 saturated carbocycles. The van der Waals surface area contributed by atoms with Crippen molar-refractivity contribution in [1.82, 2.24) is 4.90 Å². The van der Waals surface area contributed by atoms with Crippen molar-refractivity contribution in [2.24, 2.45) is 0 Å². The summed E-state index contributed by atoms with van der Waals surface area (Å²) in [7, 11) is 0. The summed E-state index contributed by atoms with van der Waals surface area (Å²) in [6.45, 7) is 10.7. The molecule has 0 unspecified atom stereocenters. The zero-order valence-electron chi connectivity index (χ0n) is 11.2. The van der Waals surface area contributed by atoms with Gasteiger partial charge in [-0.2, -0.15) is 0 Å². The second-order valence-corrected chi connectivity index (χ2v) is 6.66. The maximum Gasteiger partial charge on any atom is 0.410 e. The Morgan fingerprint density at radius 2 is 2.12 bits per heavy atom. The normalized spacial score (nSPS) is 24.6. The van der Waals surface area contributed by atoms with Crippen LogP contribution >= 0.6 is 15.9 Å². The van der Waals surface area contributed by atoms with Crippen molar-refractivity contribution in [2.75, 3.05) is 18.4 Å². The van der Waals surface area contributed by atoms with Gasteiger partial charge < -0.3 is 14.4 Å². The van der Waals surface area contributed by atoms with Crippen molar-refractivity contribution in [3.63, 3.8) is 0 Å². The van der Waals surface area contributed by atoms with E-state index < -0.39 is 5.60 Å². The van der Waals surface area contributed by atoms with Gasteiger partial charge in [0.2, 0.25) is 0 Å². The van der Waals surface area contributed by atoms with E-state index in [1.54, 1.807) is 4.90 Å². The standard InChI is InChI=1S/C12H22BrNO3/c1-11(2,3)17-10(15)14-7-9(6-13)16-12(4,5)8-14/h9H,6-8H2,1-5H3/t9-/m0/s1. The molecule has 1 rings (SSSR count). The van der Waals surface area contributed by atoms with Crippen LogP contribution in [-0.4, -0.2) is 46.7 Å². The zero-order valence-corrected chi connectivity index (χ0v) is 12.8. The van der Waals surface area contributed by atoms with Gasteiger partial charge in [-0.1, -0.05) is 15.9 Å². The number of carbonyl (C=O) groups excluding carboxylic acids is 1. The molecule has 5 heteroatoms. The largest absolute Gasteiger partial charge is 0.444 e. The molecule has 4 nitrogen and oxygen atoms in total. The number of ether oxygens (including phenoxy) is 2. The van der Waals surface area contributed by atoms with Gasteiger partial charge in [0.25, 0.3) is 0 Å². The number of nitrogens with zero attached hydrogens (tertiary/aromatic N) is 1. The molecule has 0 aromatic heterocycles. The molecule has 0 radical (unpaired) electrons. The van der Waals surface area contributed by atoms with Gasteiger partial charge in [-0.3, -0.25) is 0 Å². The van der Waals surface area contributed by atoms with E-state index in [1.165, 1.54) is 0 Å². The van der Waals surface area contributed by atoms with Crippen LogP contribution in [0, 0.1) is 0 Å². The van der Waals surface area contributed by atoms with Gasteiger partial charge in [-0.05, 0) is 34.6 Å². The Morgan fingerprint density at radius 3 is 2.59 bits per heavy atom. The van der Waals surface area contributed by atoms with Gasteiger partial charge in [-0.25, -0.2) is 4.79 Å². The number of hydrogen-bond acceptors (Lipinski definition) is 3. The minimum absolute atomic E-state index is 0.0197. The van der Waals surface area contributed by atoms with Crippen LogP contribution in [0.3, 0.4) is 0 Å². The summed E-state index contributed by atoms with van der Waals surface area (Å²) in [5.41, 5.74) is -0.781. The zero-order chi connectivity index (χ0) is 13.3. The summed E-state index contributed by atoms with van der Waals surface area (Å²) < 4.78 is 11.2. The van der Waals surface area contributed by atoms with Gasteiger partial charge >= 0.3 is 6.09 Å². The fourth-order valence-electron chi connectivity index (χ4n) is 1.84. The van der Waals surface area contributed by atoms with Crippen molar-refractivity contribution in [3.05, 3.63) is 0 Å². The predicted molar refractivity (Wildman–Crippen MR) is 70.6 cm³/mol. The highest BCUT2D eigenvalue weighted by Gasteiger charge is 2.36. The highest BCUT2D eigenvalue weighted by atomic mass is 79.9. The molecule has 100 valence electrons. The fourth-order valence-corrected chi connectivity index (χ4v) is 2.18. The highest BCUT2D eigenvalue weighted by Crippen LogP contribution is 2.23. The fraction of sp³-hybridized carbons (Fsp3) is 0.917. The molecule has 1 heterocycles. The molecule has 1 aliphatic rings. The molecule has 1 amide bonds. The third kappa shape index (κ3) is 4.84. The number of alkyl halides is 1. The molecular formula is C12H22BrNO3. The molecule has 1 saturated heterocycles. The minimum Gasteiger partial charge on any atom is -0.444 e. The summed E-state index contributed by atoms with van der Waals surface area (Å²) in [6.07, 6.45) is -0.244. The number of hydrogen-bond donors (Lipinski definition) is 0. The molecule has 1 atom stereocenters. The molecule has 0 N–H and O–H groups in total. The van der Waals surface area contributed by atoms with E-state index in [0.29, 0.717) is 13.1 Å². The molecule has 0 aromatic rings. The van der Waals surface area contributed by atoms with Crippen LogP contribution in [-0.2, 0) is 9.47 Å². The highest BCUT2D eigenvalue weighted by molar-refractivity contribution is 9.09. The number of halogens is 1. The average Bonchev–Trinajstić information content (AvgIpc) is 2.12. The van der Waals surface area contributed by atoms with Gasteiger partial charge in [0, 0.05) is 5.33 Å². The maximum atomic E-state index is 12.0. The molecule has 0 spiro atoms. The summed E-state index contributed by atoms with van der Waals surface area (Å²) in [6, 6.07) is 0. The van der Waals surface area contributed by atoms with Crippen LogP contribution in [0.4, 0.5) is 4.79 Å². The third-order valence-electron chi connectivity index (χ3n) is 2.31. The molecule has 0 aromatic carbocycles. The molecule has 1 aliphatic heterocycles. The molecule has 0 bridgehead atoms. The smallest absolute Gasteiger partial charge is 0.410 e. The van der Waals surface area contributed by atoms with Gasteiger partial charge in [-0.15, -0.1) is 0 Å². The Labute approximate surface area is 112 Å². The van der Waals surface area contributed by atoms with Crippen LogP contribution < -0.4 is 0 Å². The predicted octanol–water partition coefficient (Wildman–Crippen LogP) is 2.80. The van der Waals surface area contributed by atoms with Gasteiger partial charge in [0.1, 0.15) is 5.60 Å². The second-order valence-electron chi connectivity index (χ2n) is 6.01. The van der Waals surface area contributed by atoms with Gasteiger partial charge in [0.15, 0.2) is 0 Å². The van der Waals surface area contributed by atoms with E-state index in [1.807, 2.05) is 34.6 Å². The molecule has 17 heavy (non-hydrogen) atoms. The summed E-state index contributed by atoms with van der Waals surface area (Å²) in [4.78, 5) is 13.7. The van der Waals surface area contributed by atoms with E-state index >= 15 is 0 Å². The van der Waals surface area contributed by atoms with Crippen LogP contribution in [0.5, 0.6) is 0 Å². The first-order chi connectivity index (χ1) is 7.63. The van der Waals surface area contributed by atoms with Crippen LogP contribution in [0.25, 0.3) is 0 Å². The van der Waals surface area contributed by atoms with E-state index in [-0.39, 0.29) is 17.8 Å². The monoisotopic (exact) mass is 307 g/mol. The van der Waals surface area contributed by atoms with E-state index in [0.717, 1.165) is 5.33 Å². The van der Waals surface area contributed by atoms with E-state index in [2.05, 4.69) is 15.9 Å². The first-order valence-corrected chi connectivity index (χ1v) is 6.97. The molecule has 1 fully saturated rings. The number of rotatable bonds is 1. The Bertz CT molecular complexity index is 286. The number of morpholine rings is 1. The lowest BCUT2D eigenvalue weighted by Gasteiger charge is -2.42. The minimum atomic E-state index is -0.455. The number of carbonyl (C=O) groups is 1. The summed E-state index contributed by atoms with van der Waals surface area (Å²) >= 11 is 3.40. The molecule has 0 aliphatic carbocycles. The lowest BCUT2D eigenvalue weighted by atomic mass is 10.1. The SMILES string of the molecule is CC(C)(C)OC(=O)N1C[C@H](CBr)OC(C)(C)C1. The lowest BCUT2D eigenvalue weighted by Crippen LogP contribution is -2.55. The first kappa shape index (κ1) is 14.8. The van der Waals surface area contributed by atoms with Crippen molar-refractivity contribution >= 4 is 22.0 Å².